The minimum Gasteiger partial charge on any atom is -0.497 e. The second-order valence-corrected chi connectivity index (χ2v) is 6.92. The number of Topliss-reactive ketones (excluding diaryl/α,β-unsaturated/α-hetero) is 1. The van der Waals surface area contributed by atoms with Crippen molar-refractivity contribution in [1.82, 2.24) is 0 Å². The van der Waals surface area contributed by atoms with Gasteiger partial charge < -0.3 is 14.2 Å². The highest BCUT2D eigenvalue weighted by molar-refractivity contribution is 6.13. The molecule has 31 heavy (non-hydrogen) atoms. The van der Waals surface area contributed by atoms with Crippen molar-refractivity contribution in [1.29, 1.82) is 0 Å². The van der Waals surface area contributed by atoms with Crippen LogP contribution < -0.4 is 14.2 Å². The van der Waals surface area contributed by atoms with E-state index < -0.39 is 5.97 Å². The predicted molar refractivity (Wildman–Crippen MR) is 118 cm³/mol. The summed E-state index contributed by atoms with van der Waals surface area (Å²) >= 11 is 0. The number of carbonyl (C=O) groups excluding carboxylic acids is 2. The van der Waals surface area contributed by atoms with Crippen LogP contribution in [0, 0.1) is 6.92 Å². The highest BCUT2D eigenvalue weighted by Crippen LogP contribution is 2.39. The summed E-state index contributed by atoms with van der Waals surface area (Å²) in [6.07, 6.45) is 5.30. The molecule has 1 aliphatic rings. The number of rotatable bonds is 5. The Balaban J connectivity index is 1.52. The molecule has 0 saturated carbocycles. The first-order valence-electron chi connectivity index (χ1n) is 9.72. The van der Waals surface area contributed by atoms with Crippen molar-refractivity contribution < 1.29 is 23.8 Å². The van der Waals surface area contributed by atoms with Gasteiger partial charge >= 0.3 is 5.97 Å². The van der Waals surface area contributed by atoms with Gasteiger partial charge in [-0.1, -0.05) is 42.5 Å². The number of esters is 1. The summed E-state index contributed by atoms with van der Waals surface area (Å²) in [5.41, 5.74) is 2.44. The number of ketones is 1. The Kier molecular flexibility index (Phi) is 5.67. The summed E-state index contributed by atoms with van der Waals surface area (Å²) < 4.78 is 16.4. The van der Waals surface area contributed by atoms with Crippen LogP contribution in [0.5, 0.6) is 17.2 Å². The summed E-state index contributed by atoms with van der Waals surface area (Å²) in [6, 6.07) is 19.6. The molecule has 0 N–H and O–H groups in total. The number of carbonyl (C=O) groups is 2. The summed E-state index contributed by atoms with van der Waals surface area (Å²) in [4.78, 5) is 25.1. The van der Waals surface area contributed by atoms with Crippen molar-refractivity contribution in [3.8, 4) is 17.2 Å². The third-order valence-corrected chi connectivity index (χ3v) is 4.90. The van der Waals surface area contributed by atoms with Gasteiger partial charge in [-0.05, 0) is 55.0 Å². The first-order chi connectivity index (χ1) is 15.1. The summed E-state index contributed by atoms with van der Waals surface area (Å²) in [7, 11) is 1.56. The van der Waals surface area contributed by atoms with Crippen LogP contribution in [-0.2, 0) is 0 Å². The van der Waals surface area contributed by atoms with Gasteiger partial charge in [0.25, 0.3) is 0 Å². The van der Waals surface area contributed by atoms with E-state index in [1.54, 1.807) is 62.6 Å². The zero-order chi connectivity index (χ0) is 21.8. The molecule has 154 valence electrons. The van der Waals surface area contributed by atoms with E-state index in [9.17, 15) is 9.59 Å². The maximum atomic E-state index is 12.7. The fourth-order valence-electron chi connectivity index (χ4n) is 3.19. The molecule has 0 spiro atoms. The Morgan fingerprint density at radius 2 is 1.71 bits per heavy atom. The van der Waals surface area contributed by atoms with Gasteiger partial charge in [-0.2, -0.15) is 0 Å². The number of fused-ring (bicyclic) bond motifs is 1. The topological polar surface area (TPSA) is 61.8 Å². The minimum atomic E-state index is -0.503. The zero-order valence-electron chi connectivity index (χ0n) is 17.1. The maximum absolute atomic E-state index is 12.7. The van der Waals surface area contributed by atoms with Crippen molar-refractivity contribution in [3.05, 3.63) is 107 Å². The lowest BCUT2D eigenvalue weighted by atomic mass is 10.1. The van der Waals surface area contributed by atoms with Crippen molar-refractivity contribution in [3.63, 3.8) is 0 Å². The normalized spacial score (nSPS) is 13.9. The van der Waals surface area contributed by atoms with E-state index in [-0.39, 0.29) is 11.5 Å². The highest BCUT2D eigenvalue weighted by Gasteiger charge is 2.30. The molecule has 3 aromatic rings. The van der Waals surface area contributed by atoms with Crippen molar-refractivity contribution in [2.75, 3.05) is 7.11 Å². The Labute approximate surface area is 180 Å². The molecule has 0 amide bonds. The van der Waals surface area contributed by atoms with E-state index in [1.165, 1.54) is 0 Å². The molecule has 0 unspecified atom stereocenters. The summed E-state index contributed by atoms with van der Waals surface area (Å²) in [5, 5.41) is 0. The fourth-order valence-corrected chi connectivity index (χ4v) is 3.19. The minimum absolute atomic E-state index is 0.205. The molecule has 4 rings (SSSR count). The van der Waals surface area contributed by atoms with E-state index in [2.05, 4.69) is 0 Å². The number of hydrogen-bond acceptors (Lipinski definition) is 5. The number of methoxy groups -OCH3 is 1. The number of hydrogen-bond donors (Lipinski definition) is 0. The molecule has 0 radical (unpaired) electrons. The molecule has 5 heteroatoms. The first-order valence-corrected chi connectivity index (χ1v) is 9.72. The van der Waals surface area contributed by atoms with Gasteiger partial charge in [-0.15, -0.1) is 0 Å². The second kappa shape index (κ2) is 8.71. The Morgan fingerprint density at radius 3 is 2.42 bits per heavy atom. The van der Waals surface area contributed by atoms with E-state index >= 15 is 0 Å². The van der Waals surface area contributed by atoms with E-state index in [0.29, 0.717) is 33.9 Å². The highest BCUT2D eigenvalue weighted by atomic mass is 16.5. The smallest absolute Gasteiger partial charge is 0.343 e. The van der Waals surface area contributed by atoms with Crippen molar-refractivity contribution in [2.45, 2.75) is 6.92 Å². The molecule has 0 atom stereocenters. The lowest BCUT2D eigenvalue weighted by molar-refractivity contribution is 0.0733. The van der Waals surface area contributed by atoms with Gasteiger partial charge in [0.2, 0.25) is 5.78 Å². The first kappa shape index (κ1) is 20.2. The SMILES string of the molecule is COc1ccc(C(=O)Oc2ccc3c(c2C)O/C(=C\C=C\c2ccccc2)C3=O)cc1. The van der Waals surface area contributed by atoms with E-state index in [0.717, 1.165) is 5.56 Å². The van der Waals surface area contributed by atoms with Gasteiger partial charge in [0, 0.05) is 5.56 Å². The summed E-state index contributed by atoms with van der Waals surface area (Å²) in [6.45, 7) is 1.76. The lowest BCUT2D eigenvalue weighted by Gasteiger charge is -2.10. The van der Waals surface area contributed by atoms with Crippen LogP contribution in [0.3, 0.4) is 0 Å². The quantitative estimate of drug-likeness (QED) is 0.319. The molecule has 0 saturated heterocycles. The van der Waals surface area contributed by atoms with Gasteiger partial charge in [0.1, 0.15) is 17.2 Å². The molecular formula is C26H20O5. The molecule has 0 bridgehead atoms. The van der Waals surface area contributed by atoms with E-state index in [4.69, 9.17) is 14.2 Å². The second-order valence-electron chi connectivity index (χ2n) is 6.92. The number of ether oxygens (including phenoxy) is 3. The molecule has 0 aromatic heterocycles. The van der Waals surface area contributed by atoms with Gasteiger partial charge in [-0.3, -0.25) is 4.79 Å². The average molecular weight is 412 g/mol. The molecular weight excluding hydrogens is 392 g/mol. The van der Waals surface area contributed by atoms with Crippen LogP contribution in [-0.4, -0.2) is 18.9 Å². The molecule has 5 nitrogen and oxygen atoms in total. The average Bonchev–Trinajstić information content (AvgIpc) is 3.12. The van der Waals surface area contributed by atoms with Crippen molar-refractivity contribution in [2.24, 2.45) is 0 Å². The third kappa shape index (κ3) is 4.26. The van der Waals surface area contributed by atoms with Crippen LogP contribution in [0.2, 0.25) is 0 Å². The van der Waals surface area contributed by atoms with E-state index in [1.807, 2.05) is 36.4 Å². The lowest BCUT2D eigenvalue weighted by Crippen LogP contribution is -2.09. The van der Waals surface area contributed by atoms with Gasteiger partial charge in [0.15, 0.2) is 5.76 Å². The predicted octanol–water partition coefficient (Wildman–Crippen LogP) is 5.40. The van der Waals surface area contributed by atoms with Crippen molar-refractivity contribution >= 4 is 17.8 Å². The fraction of sp³-hybridized carbons (Fsp3) is 0.0769. The monoisotopic (exact) mass is 412 g/mol. The van der Waals surface area contributed by atoms with Crippen LogP contribution in [0.1, 0.15) is 31.8 Å². The Bertz CT molecular complexity index is 1190. The molecule has 1 aliphatic heterocycles. The van der Waals surface area contributed by atoms with Crippen LogP contribution in [0.4, 0.5) is 0 Å². The van der Waals surface area contributed by atoms with Gasteiger partial charge in [0.05, 0.1) is 18.2 Å². The Hall–Kier alpha value is -4.12. The number of allylic oxidation sites excluding steroid dienone is 3. The third-order valence-electron chi connectivity index (χ3n) is 4.90. The standard InChI is InChI=1S/C26H20O5/c1-17-22(31-26(28)19-11-13-20(29-2)14-12-19)16-15-21-24(27)23(30-25(17)21)10-6-9-18-7-4-3-5-8-18/h3-16H,1-2H3/b9-6+,23-10-. The van der Waals surface area contributed by atoms with Crippen LogP contribution >= 0.6 is 0 Å². The van der Waals surface area contributed by atoms with Gasteiger partial charge in [-0.25, -0.2) is 4.79 Å². The van der Waals surface area contributed by atoms with Crippen LogP contribution in [0.15, 0.2) is 84.6 Å². The molecule has 1 heterocycles. The maximum Gasteiger partial charge on any atom is 0.343 e. The Morgan fingerprint density at radius 1 is 0.968 bits per heavy atom. The molecule has 0 fully saturated rings. The van der Waals surface area contributed by atoms with Crippen LogP contribution in [0.25, 0.3) is 6.08 Å². The largest absolute Gasteiger partial charge is 0.497 e. The molecule has 3 aromatic carbocycles. The molecule has 0 aliphatic carbocycles. The zero-order valence-corrected chi connectivity index (χ0v) is 17.1. The summed E-state index contributed by atoms with van der Waals surface area (Å²) in [5.74, 6) is 0.917. The number of benzene rings is 3.